The van der Waals surface area contributed by atoms with Crippen molar-refractivity contribution in [1.82, 2.24) is 0 Å². The minimum absolute atomic E-state index is 0.00249. The summed E-state index contributed by atoms with van der Waals surface area (Å²) < 4.78 is 27.1. The molecule has 2 aromatic carbocycles. The molecule has 2 rings (SSSR count). The van der Waals surface area contributed by atoms with E-state index in [-0.39, 0.29) is 32.9 Å². The average Bonchev–Trinajstić information content (AvgIpc) is 2.53. The van der Waals surface area contributed by atoms with Crippen molar-refractivity contribution >= 4 is 58.2 Å². The molecule has 0 aliphatic heterocycles. The summed E-state index contributed by atoms with van der Waals surface area (Å²) in [4.78, 5) is 23.5. The first-order valence-corrected chi connectivity index (χ1v) is 8.84. The van der Waals surface area contributed by atoms with E-state index in [0.29, 0.717) is 0 Å². The molecular weight excluding hydrogens is 393 g/mol. The van der Waals surface area contributed by atoms with Crippen molar-refractivity contribution in [2.75, 3.05) is 22.1 Å². The van der Waals surface area contributed by atoms with Gasteiger partial charge in [0, 0.05) is 10.0 Å². The van der Waals surface area contributed by atoms with Gasteiger partial charge >= 0.3 is 0 Å². The van der Waals surface area contributed by atoms with Gasteiger partial charge in [0.25, 0.3) is 0 Å². The maximum Gasteiger partial charge on any atom is 0.234 e. The molecule has 0 bridgehead atoms. The third-order valence-corrected chi connectivity index (χ3v) is 4.28. The quantitative estimate of drug-likeness (QED) is 0.740. The first-order valence-electron chi connectivity index (χ1n) is 6.92. The molecular formula is C16H12Cl2F2N2O2S. The molecule has 0 aliphatic carbocycles. The molecule has 25 heavy (non-hydrogen) atoms. The van der Waals surface area contributed by atoms with Crippen molar-refractivity contribution in [3.05, 3.63) is 58.1 Å². The topological polar surface area (TPSA) is 58.2 Å². The first kappa shape index (κ1) is 19.5. The van der Waals surface area contributed by atoms with Crippen LogP contribution in [0.4, 0.5) is 20.2 Å². The van der Waals surface area contributed by atoms with Gasteiger partial charge in [-0.1, -0.05) is 23.2 Å². The maximum atomic E-state index is 13.6. The monoisotopic (exact) mass is 404 g/mol. The highest BCUT2D eigenvalue weighted by Gasteiger charge is 2.11. The van der Waals surface area contributed by atoms with E-state index >= 15 is 0 Å². The maximum absolute atomic E-state index is 13.6. The van der Waals surface area contributed by atoms with Crippen molar-refractivity contribution in [3.63, 3.8) is 0 Å². The Labute approximate surface area is 156 Å². The van der Waals surface area contributed by atoms with Crippen molar-refractivity contribution < 1.29 is 18.4 Å². The Balaban J connectivity index is 1.77. The van der Waals surface area contributed by atoms with Crippen LogP contribution >= 0.6 is 35.0 Å². The second-order valence-electron chi connectivity index (χ2n) is 4.84. The summed E-state index contributed by atoms with van der Waals surface area (Å²) in [5.74, 6) is -2.39. The number of amides is 2. The Hall–Kier alpha value is -1.83. The second kappa shape index (κ2) is 9.03. The van der Waals surface area contributed by atoms with Crippen LogP contribution in [0.1, 0.15) is 0 Å². The average molecular weight is 405 g/mol. The molecule has 0 fully saturated rings. The summed E-state index contributed by atoms with van der Waals surface area (Å²) in [6.45, 7) is 0. The Kier molecular flexibility index (Phi) is 7.04. The molecule has 2 aromatic rings. The second-order valence-corrected chi connectivity index (χ2v) is 6.70. The highest BCUT2D eigenvalue weighted by molar-refractivity contribution is 8.00. The largest absolute Gasteiger partial charge is 0.323 e. The summed E-state index contributed by atoms with van der Waals surface area (Å²) in [6, 6.07) is 7.74. The number of nitrogens with one attached hydrogen (secondary N) is 2. The Morgan fingerprint density at radius 3 is 1.60 bits per heavy atom. The van der Waals surface area contributed by atoms with Gasteiger partial charge in [0.2, 0.25) is 11.8 Å². The predicted octanol–water partition coefficient (Wildman–Crippen LogP) is 4.58. The lowest BCUT2D eigenvalue weighted by molar-refractivity contribution is -0.114. The first-order chi connectivity index (χ1) is 11.8. The zero-order valence-corrected chi connectivity index (χ0v) is 14.9. The highest BCUT2D eigenvalue weighted by atomic mass is 35.5. The standard InChI is InChI=1S/C16H12Cl2F2N2O2S/c17-9-1-3-13(11(19)5-9)21-15(23)7-25-8-16(24)22-14-4-2-10(18)6-12(14)20/h1-6H,7-8H2,(H,21,23)(H,22,24). The lowest BCUT2D eigenvalue weighted by atomic mass is 10.3. The van der Waals surface area contributed by atoms with Crippen LogP contribution in [0.5, 0.6) is 0 Å². The number of hydrogen-bond donors (Lipinski definition) is 2. The summed E-state index contributed by atoms with van der Waals surface area (Å²) in [5, 5.41) is 5.19. The van der Waals surface area contributed by atoms with E-state index in [1.807, 2.05) is 0 Å². The molecule has 9 heteroatoms. The van der Waals surface area contributed by atoms with E-state index in [4.69, 9.17) is 23.2 Å². The third-order valence-electron chi connectivity index (χ3n) is 2.88. The van der Waals surface area contributed by atoms with E-state index in [2.05, 4.69) is 10.6 Å². The molecule has 132 valence electrons. The van der Waals surface area contributed by atoms with Crippen molar-refractivity contribution in [3.8, 4) is 0 Å². The van der Waals surface area contributed by atoms with Crippen LogP contribution in [-0.2, 0) is 9.59 Å². The smallest absolute Gasteiger partial charge is 0.234 e. The van der Waals surface area contributed by atoms with E-state index in [9.17, 15) is 18.4 Å². The van der Waals surface area contributed by atoms with Crippen molar-refractivity contribution in [2.45, 2.75) is 0 Å². The van der Waals surface area contributed by atoms with Gasteiger partial charge in [0.15, 0.2) is 0 Å². The molecule has 0 heterocycles. The van der Waals surface area contributed by atoms with Crippen LogP contribution in [0.2, 0.25) is 10.0 Å². The van der Waals surface area contributed by atoms with Gasteiger partial charge in [-0.15, -0.1) is 11.8 Å². The van der Waals surface area contributed by atoms with Crippen LogP contribution in [0, 0.1) is 11.6 Å². The normalized spacial score (nSPS) is 10.4. The summed E-state index contributed by atoms with van der Waals surface area (Å²) in [7, 11) is 0. The minimum atomic E-state index is -0.651. The van der Waals surface area contributed by atoms with Crippen LogP contribution in [0.3, 0.4) is 0 Å². The predicted molar refractivity (Wildman–Crippen MR) is 97.4 cm³/mol. The van der Waals surface area contributed by atoms with Gasteiger partial charge in [-0.3, -0.25) is 9.59 Å². The number of carbonyl (C=O) groups is 2. The number of halogens is 4. The molecule has 0 aromatic heterocycles. The number of anilines is 2. The fourth-order valence-electron chi connectivity index (χ4n) is 1.79. The van der Waals surface area contributed by atoms with Crippen LogP contribution in [0.15, 0.2) is 36.4 Å². The molecule has 0 spiro atoms. The van der Waals surface area contributed by atoms with Crippen LogP contribution in [-0.4, -0.2) is 23.3 Å². The van der Waals surface area contributed by atoms with Gasteiger partial charge in [0.05, 0.1) is 22.9 Å². The fourth-order valence-corrected chi connectivity index (χ4v) is 2.73. The summed E-state index contributed by atoms with van der Waals surface area (Å²) in [5.41, 5.74) is 0.00498. The molecule has 0 saturated carbocycles. The highest BCUT2D eigenvalue weighted by Crippen LogP contribution is 2.20. The SMILES string of the molecule is O=C(CSCC(=O)Nc1ccc(Cl)cc1F)Nc1ccc(Cl)cc1F. The van der Waals surface area contributed by atoms with E-state index in [1.165, 1.54) is 24.3 Å². The number of carbonyl (C=O) groups excluding carboxylic acids is 2. The Bertz CT molecular complexity index is 740. The van der Waals surface area contributed by atoms with Gasteiger partial charge in [-0.2, -0.15) is 0 Å². The Morgan fingerprint density at radius 2 is 1.24 bits per heavy atom. The van der Waals surface area contributed by atoms with Gasteiger partial charge in [-0.05, 0) is 36.4 Å². The van der Waals surface area contributed by atoms with E-state index < -0.39 is 23.4 Å². The number of hydrogen-bond acceptors (Lipinski definition) is 3. The lowest BCUT2D eigenvalue weighted by Crippen LogP contribution is -2.19. The molecule has 0 unspecified atom stereocenters. The molecule has 0 radical (unpaired) electrons. The number of rotatable bonds is 6. The number of thioether (sulfide) groups is 1. The van der Waals surface area contributed by atoms with Gasteiger partial charge in [-0.25, -0.2) is 8.78 Å². The lowest BCUT2D eigenvalue weighted by Gasteiger charge is -2.08. The van der Waals surface area contributed by atoms with Crippen molar-refractivity contribution in [2.24, 2.45) is 0 Å². The van der Waals surface area contributed by atoms with Gasteiger partial charge < -0.3 is 10.6 Å². The molecule has 0 aliphatic rings. The molecule has 4 nitrogen and oxygen atoms in total. The summed E-state index contributed by atoms with van der Waals surface area (Å²) in [6.07, 6.45) is 0. The van der Waals surface area contributed by atoms with Crippen LogP contribution < -0.4 is 10.6 Å². The third kappa shape index (κ3) is 6.19. The summed E-state index contributed by atoms with van der Waals surface area (Å²) >= 11 is 12.3. The Morgan fingerprint density at radius 1 is 0.840 bits per heavy atom. The zero-order valence-electron chi connectivity index (χ0n) is 12.6. The van der Waals surface area contributed by atoms with E-state index in [1.54, 1.807) is 0 Å². The minimum Gasteiger partial charge on any atom is -0.323 e. The molecule has 2 amide bonds. The molecule has 2 N–H and O–H groups in total. The molecule has 0 saturated heterocycles. The van der Waals surface area contributed by atoms with Crippen LogP contribution in [0.25, 0.3) is 0 Å². The van der Waals surface area contributed by atoms with E-state index in [0.717, 1.165) is 23.9 Å². The number of benzene rings is 2. The zero-order chi connectivity index (χ0) is 18.4. The molecule has 0 atom stereocenters. The van der Waals surface area contributed by atoms with Gasteiger partial charge in [0.1, 0.15) is 11.6 Å². The fraction of sp³-hybridized carbons (Fsp3) is 0.125. The van der Waals surface area contributed by atoms with Crippen molar-refractivity contribution in [1.29, 1.82) is 0 Å².